The van der Waals surface area contributed by atoms with Gasteiger partial charge < -0.3 is 16.8 Å². The van der Waals surface area contributed by atoms with Gasteiger partial charge >= 0.3 is 0 Å². The Morgan fingerprint density at radius 3 is 2.21 bits per heavy atom. The van der Waals surface area contributed by atoms with E-state index in [1.165, 1.54) is 5.56 Å². The van der Waals surface area contributed by atoms with Crippen LogP contribution in [0, 0.1) is 0 Å². The number of nitrogens with one attached hydrogen (secondary N) is 1. The highest BCUT2D eigenvalue weighted by Crippen LogP contribution is 2.13. The summed E-state index contributed by atoms with van der Waals surface area (Å²) in [5, 5.41) is 3.29. The quantitative estimate of drug-likeness (QED) is 0.762. The van der Waals surface area contributed by atoms with Crippen LogP contribution in [0.3, 0.4) is 0 Å². The maximum Gasteiger partial charge on any atom is 0.248 e. The fourth-order valence-corrected chi connectivity index (χ4v) is 1.88. The number of anilines is 1. The molecule has 1 amide bonds. The lowest BCUT2D eigenvalue weighted by molar-refractivity contribution is 0.100. The first-order chi connectivity index (χ1) is 9.20. The summed E-state index contributed by atoms with van der Waals surface area (Å²) in [4.78, 5) is 11.0. The summed E-state index contributed by atoms with van der Waals surface area (Å²) in [6.45, 7) is 1.22. The second kappa shape index (κ2) is 6.02. The van der Waals surface area contributed by atoms with Crippen molar-refractivity contribution in [3.05, 3.63) is 65.2 Å². The highest BCUT2D eigenvalue weighted by Gasteiger charge is 2.01. The highest BCUT2D eigenvalue weighted by molar-refractivity contribution is 5.93. The van der Waals surface area contributed by atoms with Gasteiger partial charge in [0.15, 0.2) is 0 Å². The van der Waals surface area contributed by atoms with Gasteiger partial charge in [0, 0.05) is 24.3 Å². The fraction of sp³-hybridized carbons (Fsp3) is 0.133. The summed E-state index contributed by atoms with van der Waals surface area (Å²) in [6.07, 6.45) is 0. The van der Waals surface area contributed by atoms with E-state index in [1.807, 2.05) is 36.4 Å². The largest absolute Gasteiger partial charge is 0.381 e. The molecule has 0 saturated carbocycles. The standard InChI is InChI=1S/C15H17N3O/c16-9-12-3-1-2-4-13(12)10-18-14-7-5-11(6-8-14)15(17)19/h1-8,18H,9-10,16H2,(H2,17,19). The summed E-state index contributed by atoms with van der Waals surface area (Å²) >= 11 is 0. The van der Waals surface area contributed by atoms with Crippen LogP contribution in [0.4, 0.5) is 5.69 Å². The maximum atomic E-state index is 11.0. The molecule has 4 heteroatoms. The van der Waals surface area contributed by atoms with Crippen molar-refractivity contribution in [2.45, 2.75) is 13.1 Å². The normalized spacial score (nSPS) is 10.2. The second-order valence-electron chi connectivity index (χ2n) is 4.27. The number of hydrogen-bond acceptors (Lipinski definition) is 3. The molecule has 0 saturated heterocycles. The Morgan fingerprint density at radius 2 is 1.63 bits per heavy atom. The third-order valence-electron chi connectivity index (χ3n) is 2.99. The van der Waals surface area contributed by atoms with Crippen molar-refractivity contribution in [2.24, 2.45) is 11.5 Å². The van der Waals surface area contributed by atoms with Crippen molar-refractivity contribution < 1.29 is 4.79 Å². The first kappa shape index (κ1) is 13.1. The number of hydrogen-bond donors (Lipinski definition) is 3. The SMILES string of the molecule is NCc1ccccc1CNc1ccc(C(N)=O)cc1. The van der Waals surface area contributed by atoms with Crippen LogP contribution >= 0.6 is 0 Å². The molecule has 0 spiro atoms. The number of rotatable bonds is 5. The van der Waals surface area contributed by atoms with E-state index in [4.69, 9.17) is 11.5 Å². The van der Waals surface area contributed by atoms with Crippen LogP contribution in [0.15, 0.2) is 48.5 Å². The van der Waals surface area contributed by atoms with E-state index in [9.17, 15) is 4.79 Å². The Morgan fingerprint density at radius 1 is 1.00 bits per heavy atom. The van der Waals surface area contributed by atoms with Gasteiger partial charge in [-0.15, -0.1) is 0 Å². The molecule has 0 fully saturated rings. The van der Waals surface area contributed by atoms with Crippen LogP contribution in [-0.4, -0.2) is 5.91 Å². The van der Waals surface area contributed by atoms with Crippen LogP contribution in [-0.2, 0) is 13.1 Å². The topological polar surface area (TPSA) is 81.1 Å². The number of benzene rings is 2. The number of nitrogens with two attached hydrogens (primary N) is 2. The van der Waals surface area contributed by atoms with E-state index in [1.54, 1.807) is 12.1 Å². The van der Waals surface area contributed by atoms with E-state index < -0.39 is 5.91 Å². The average molecular weight is 255 g/mol. The zero-order valence-corrected chi connectivity index (χ0v) is 10.6. The first-order valence-electron chi connectivity index (χ1n) is 6.11. The molecule has 0 aromatic heterocycles. The van der Waals surface area contributed by atoms with Crippen molar-refractivity contribution >= 4 is 11.6 Å². The maximum absolute atomic E-state index is 11.0. The summed E-state index contributed by atoms with van der Waals surface area (Å²) in [6, 6.07) is 15.1. The van der Waals surface area contributed by atoms with Crippen molar-refractivity contribution in [3.8, 4) is 0 Å². The molecule has 0 bridgehead atoms. The molecule has 2 rings (SSSR count). The smallest absolute Gasteiger partial charge is 0.248 e. The molecule has 0 radical (unpaired) electrons. The van der Waals surface area contributed by atoms with Crippen LogP contribution < -0.4 is 16.8 Å². The number of carbonyl (C=O) groups excluding carboxylic acids is 1. The van der Waals surface area contributed by atoms with Gasteiger partial charge in [0.2, 0.25) is 5.91 Å². The molecular formula is C15H17N3O. The highest BCUT2D eigenvalue weighted by atomic mass is 16.1. The average Bonchev–Trinajstić information content (AvgIpc) is 2.45. The van der Waals surface area contributed by atoms with Crippen LogP contribution in [0.2, 0.25) is 0 Å². The predicted octanol–water partition coefficient (Wildman–Crippen LogP) is 1.86. The van der Waals surface area contributed by atoms with E-state index >= 15 is 0 Å². The molecule has 0 aliphatic carbocycles. The van der Waals surface area contributed by atoms with E-state index in [-0.39, 0.29) is 0 Å². The minimum atomic E-state index is -0.417. The van der Waals surface area contributed by atoms with Crippen molar-refractivity contribution in [1.29, 1.82) is 0 Å². The van der Waals surface area contributed by atoms with Crippen molar-refractivity contribution in [1.82, 2.24) is 0 Å². The van der Waals surface area contributed by atoms with Crippen LogP contribution in [0.1, 0.15) is 21.5 Å². The molecule has 98 valence electrons. The van der Waals surface area contributed by atoms with E-state index in [0.717, 1.165) is 11.3 Å². The predicted molar refractivity (Wildman–Crippen MR) is 76.6 cm³/mol. The van der Waals surface area contributed by atoms with Gasteiger partial charge in [-0.1, -0.05) is 24.3 Å². The summed E-state index contributed by atoms with van der Waals surface area (Å²) in [7, 11) is 0. The zero-order valence-electron chi connectivity index (χ0n) is 10.6. The Labute approximate surface area is 112 Å². The van der Waals surface area contributed by atoms with Gasteiger partial charge in [-0.3, -0.25) is 4.79 Å². The summed E-state index contributed by atoms with van der Waals surface area (Å²) in [5.41, 5.74) is 14.6. The Bertz CT molecular complexity index is 564. The van der Waals surface area contributed by atoms with Gasteiger partial charge in [0.05, 0.1) is 0 Å². The third-order valence-corrected chi connectivity index (χ3v) is 2.99. The van der Waals surface area contributed by atoms with Gasteiger partial charge in [-0.2, -0.15) is 0 Å². The molecule has 19 heavy (non-hydrogen) atoms. The summed E-state index contributed by atoms with van der Waals surface area (Å²) in [5.74, 6) is -0.417. The molecule has 0 aliphatic rings. The number of primary amides is 1. The fourth-order valence-electron chi connectivity index (χ4n) is 1.88. The van der Waals surface area contributed by atoms with Crippen molar-refractivity contribution in [2.75, 3.05) is 5.32 Å². The minimum absolute atomic E-state index is 0.417. The molecule has 0 heterocycles. The van der Waals surface area contributed by atoms with E-state index in [2.05, 4.69) is 5.32 Å². The monoisotopic (exact) mass is 255 g/mol. The summed E-state index contributed by atoms with van der Waals surface area (Å²) < 4.78 is 0. The van der Waals surface area contributed by atoms with Gasteiger partial charge in [-0.25, -0.2) is 0 Å². The molecule has 2 aromatic carbocycles. The zero-order chi connectivity index (χ0) is 13.7. The molecule has 0 atom stereocenters. The molecule has 5 N–H and O–H groups in total. The van der Waals surface area contributed by atoms with E-state index in [0.29, 0.717) is 18.7 Å². The van der Waals surface area contributed by atoms with Gasteiger partial charge in [0.25, 0.3) is 0 Å². The molecular weight excluding hydrogens is 238 g/mol. The lowest BCUT2D eigenvalue weighted by Gasteiger charge is -2.10. The molecule has 0 aliphatic heterocycles. The number of carbonyl (C=O) groups is 1. The Kier molecular flexibility index (Phi) is 4.15. The molecule has 0 unspecified atom stereocenters. The number of amides is 1. The Balaban J connectivity index is 2.04. The third kappa shape index (κ3) is 3.33. The van der Waals surface area contributed by atoms with Crippen LogP contribution in [0.25, 0.3) is 0 Å². The van der Waals surface area contributed by atoms with Gasteiger partial charge in [0.1, 0.15) is 0 Å². The molecule has 4 nitrogen and oxygen atoms in total. The lowest BCUT2D eigenvalue weighted by atomic mass is 10.1. The second-order valence-corrected chi connectivity index (χ2v) is 4.27. The minimum Gasteiger partial charge on any atom is -0.381 e. The molecule has 2 aromatic rings. The van der Waals surface area contributed by atoms with Gasteiger partial charge in [-0.05, 0) is 35.4 Å². The lowest BCUT2D eigenvalue weighted by Crippen LogP contribution is -2.11. The first-order valence-corrected chi connectivity index (χ1v) is 6.11. The van der Waals surface area contributed by atoms with Crippen molar-refractivity contribution in [3.63, 3.8) is 0 Å². The van der Waals surface area contributed by atoms with Crippen LogP contribution in [0.5, 0.6) is 0 Å². The Hall–Kier alpha value is -2.33.